The summed E-state index contributed by atoms with van der Waals surface area (Å²) >= 11 is 2.75. The van der Waals surface area contributed by atoms with Crippen LogP contribution in [0.25, 0.3) is 10.2 Å². The molecule has 1 aliphatic heterocycles. The molecule has 1 aliphatic rings. The number of benzene rings is 1. The first-order chi connectivity index (χ1) is 14.9. The lowest BCUT2D eigenvalue weighted by molar-refractivity contribution is -0.115. The summed E-state index contributed by atoms with van der Waals surface area (Å²) in [6.45, 7) is 5.49. The molecule has 0 bridgehead atoms. The lowest BCUT2D eigenvalue weighted by atomic mass is 10.1. The lowest BCUT2D eigenvalue weighted by Gasteiger charge is -2.25. The van der Waals surface area contributed by atoms with E-state index >= 15 is 0 Å². The quantitative estimate of drug-likeness (QED) is 0.464. The fraction of sp³-hybridized carbons (Fsp3) is 0.182. The van der Waals surface area contributed by atoms with Crippen LogP contribution in [0.2, 0.25) is 0 Å². The van der Waals surface area contributed by atoms with E-state index in [0.29, 0.717) is 15.7 Å². The van der Waals surface area contributed by atoms with Crippen molar-refractivity contribution < 1.29 is 9.59 Å². The first kappa shape index (κ1) is 19.7. The normalized spacial score (nSPS) is 15.3. The minimum atomic E-state index is -0.493. The van der Waals surface area contributed by atoms with E-state index < -0.39 is 6.17 Å². The topological polar surface area (TPSA) is 87.2 Å². The molecule has 0 fully saturated rings. The number of carbonyl (C=O) groups excluding carboxylic acids is 2. The zero-order valence-corrected chi connectivity index (χ0v) is 18.7. The van der Waals surface area contributed by atoms with Gasteiger partial charge in [0.2, 0.25) is 5.91 Å². The zero-order valence-electron chi connectivity index (χ0n) is 17.1. The maximum absolute atomic E-state index is 12.8. The summed E-state index contributed by atoms with van der Waals surface area (Å²) in [5.74, 6) is -0.282. The fourth-order valence-electron chi connectivity index (χ4n) is 3.78. The Morgan fingerprint density at radius 3 is 2.65 bits per heavy atom. The number of aromatic nitrogens is 2. The highest BCUT2D eigenvalue weighted by atomic mass is 32.1. The Balaban J connectivity index is 1.51. The van der Waals surface area contributed by atoms with Gasteiger partial charge in [0, 0.05) is 23.4 Å². The van der Waals surface area contributed by atoms with Crippen molar-refractivity contribution >= 4 is 61.2 Å². The van der Waals surface area contributed by atoms with E-state index in [2.05, 4.69) is 20.6 Å². The molecule has 0 saturated carbocycles. The summed E-state index contributed by atoms with van der Waals surface area (Å²) in [7, 11) is 0. The van der Waals surface area contributed by atoms with Gasteiger partial charge in [-0.15, -0.1) is 22.7 Å². The SMILES string of the molecule is CC(=O)N(c1ccccc1)c1nc([C@@H]2NC(=O)c3sc4nc(C)cc(C)c4c3N2)cs1. The third kappa shape index (κ3) is 3.35. The van der Waals surface area contributed by atoms with Crippen molar-refractivity contribution in [1.82, 2.24) is 15.3 Å². The molecule has 31 heavy (non-hydrogen) atoms. The van der Waals surface area contributed by atoms with Crippen LogP contribution < -0.4 is 15.5 Å². The van der Waals surface area contributed by atoms with Crippen molar-refractivity contribution in [3.63, 3.8) is 0 Å². The lowest BCUT2D eigenvalue weighted by Crippen LogP contribution is -2.37. The van der Waals surface area contributed by atoms with Crippen LogP contribution in [0.3, 0.4) is 0 Å². The van der Waals surface area contributed by atoms with Crippen molar-refractivity contribution in [1.29, 1.82) is 0 Å². The Labute approximate surface area is 186 Å². The van der Waals surface area contributed by atoms with Crippen LogP contribution in [0, 0.1) is 13.8 Å². The number of fused-ring (bicyclic) bond motifs is 3. The van der Waals surface area contributed by atoms with Crippen molar-refractivity contribution in [2.45, 2.75) is 26.9 Å². The van der Waals surface area contributed by atoms with Gasteiger partial charge in [0.15, 0.2) is 5.13 Å². The number of nitrogens with one attached hydrogen (secondary N) is 2. The molecule has 5 rings (SSSR count). The predicted octanol–water partition coefficient (Wildman–Crippen LogP) is 4.91. The van der Waals surface area contributed by atoms with Crippen LogP contribution in [-0.2, 0) is 4.79 Å². The number of hydrogen-bond acceptors (Lipinski definition) is 7. The number of pyridine rings is 1. The Bertz CT molecular complexity index is 1330. The molecule has 4 heterocycles. The first-order valence-corrected chi connectivity index (χ1v) is 11.4. The van der Waals surface area contributed by atoms with Crippen molar-refractivity contribution in [3.8, 4) is 0 Å². The van der Waals surface area contributed by atoms with Crippen LogP contribution in [0.15, 0.2) is 41.8 Å². The number of carbonyl (C=O) groups is 2. The number of nitrogens with zero attached hydrogens (tertiary/aromatic N) is 3. The molecule has 4 aromatic rings. The molecule has 0 unspecified atom stereocenters. The van der Waals surface area contributed by atoms with Crippen molar-refractivity contribution in [2.24, 2.45) is 0 Å². The molecule has 0 aliphatic carbocycles. The molecule has 2 amide bonds. The van der Waals surface area contributed by atoms with Crippen LogP contribution in [0.4, 0.5) is 16.5 Å². The van der Waals surface area contributed by atoms with Crippen LogP contribution in [0.1, 0.15) is 39.7 Å². The minimum Gasteiger partial charge on any atom is -0.358 e. The Kier molecular flexibility index (Phi) is 4.71. The standard InChI is InChI=1S/C22H19N5O2S2/c1-11-9-12(2)23-21-16(11)17-18(31-21)20(29)26-19(25-17)15-10-30-22(24-15)27(13(3)28)14-7-5-4-6-8-14/h4-10,19,25H,1-3H3,(H,26,29)/t19-/m0/s1. The number of para-hydroxylation sites is 1. The first-order valence-electron chi connectivity index (χ1n) is 9.71. The van der Waals surface area contributed by atoms with E-state index in [1.165, 1.54) is 29.6 Å². The monoisotopic (exact) mass is 449 g/mol. The second-order valence-corrected chi connectivity index (χ2v) is 9.20. The maximum Gasteiger partial charge on any atom is 0.265 e. The smallest absolute Gasteiger partial charge is 0.265 e. The van der Waals surface area contributed by atoms with Crippen LogP contribution in [0.5, 0.6) is 0 Å². The number of thiazole rings is 1. The van der Waals surface area contributed by atoms with Gasteiger partial charge in [-0.2, -0.15) is 0 Å². The Hall–Kier alpha value is -3.30. The van der Waals surface area contributed by atoms with Gasteiger partial charge in [0.1, 0.15) is 15.9 Å². The van der Waals surface area contributed by atoms with E-state index in [4.69, 9.17) is 0 Å². The summed E-state index contributed by atoms with van der Waals surface area (Å²) in [6.07, 6.45) is -0.493. The summed E-state index contributed by atoms with van der Waals surface area (Å²) in [6, 6.07) is 11.4. The number of aryl methyl sites for hydroxylation is 2. The van der Waals surface area contributed by atoms with Gasteiger partial charge in [-0.25, -0.2) is 9.97 Å². The van der Waals surface area contributed by atoms with Gasteiger partial charge in [-0.05, 0) is 37.6 Å². The predicted molar refractivity (Wildman–Crippen MR) is 124 cm³/mol. The van der Waals surface area contributed by atoms with E-state index in [0.717, 1.165) is 32.8 Å². The van der Waals surface area contributed by atoms with Gasteiger partial charge < -0.3 is 10.6 Å². The van der Waals surface area contributed by atoms with E-state index in [1.54, 1.807) is 4.90 Å². The molecular formula is C22H19N5O2S2. The highest BCUT2D eigenvalue weighted by Crippen LogP contribution is 2.41. The number of anilines is 3. The fourth-order valence-corrected chi connectivity index (χ4v) is 5.85. The molecule has 0 radical (unpaired) electrons. The number of rotatable bonds is 3. The van der Waals surface area contributed by atoms with E-state index in [9.17, 15) is 9.59 Å². The highest BCUT2D eigenvalue weighted by Gasteiger charge is 2.31. The highest BCUT2D eigenvalue weighted by molar-refractivity contribution is 7.21. The largest absolute Gasteiger partial charge is 0.358 e. The molecule has 2 N–H and O–H groups in total. The zero-order chi connectivity index (χ0) is 21.7. The van der Waals surface area contributed by atoms with E-state index in [-0.39, 0.29) is 11.8 Å². The van der Waals surface area contributed by atoms with Crippen LogP contribution >= 0.6 is 22.7 Å². The molecule has 0 spiro atoms. The van der Waals surface area contributed by atoms with Gasteiger partial charge in [-0.3, -0.25) is 14.5 Å². The molecule has 3 aromatic heterocycles. The number of thiophene rings is 1. The van der Waals surface area contributed by atoms with Crippen molar-refractivity contribution in [2.75, 3.05) is 10.2 Å². The molecule has 7 nitrogen and oxygen atoms in total. The molecular weight excluding hydrogens is 430 g/mol. The average molecular weight is 450 g/mol. The Morgan fingerprint density at radius 2 is 1.90 bits per heavy atom. The molecule has 1 atom stereocenters. The maximum atomic E-state index is 12.8. The van der Waals surface area contributed by atoms with E-state index in [1.807, 2.05) is 55.6 Å². The van der Waals surface area contributed by atoms with Gasteiger partial charge in [0.25, 0.3) is 5.91 Å². The summed E-state index contributed by atoms with van der Waals surface area (Å²) < 4.78 is 0. The summed E-state index contributed by atoms with van der Waals surface area (Å²) in [5, 5.41) is 9.79. The third-order valence-electron chi connectivity index (χ3n) is 5.08. The third-order valence-corrected chi connectivity index (χ3v) is 7.01. The minimum absolute atomic E-state index is 0.129. The second kappa shape index (κ2) is 7.44. The summed E-state index contributed by atoms with van der Waals surface area (Å²) in [4.78, 5) is 37.5. The molecule has 1 aromatic carbocycles. The summed E-state index contributed by atoms with van der Waals surface area (Å²) in [5.41, 5.74) is 4.19. The second-order valence-electron chi connectivity index (χ2n) is 7.36. The van der Waals surface area contributed by atoms with Gasteiger partial charge in [0.05, 0.1) is 17.1 Å². The molecule has 9 heteroatoms. The number of amides is 2. The van der Waals surface area contributed by atoms with Crippen molar-refractivity contribution in [3.05, 3.63) is 63.6 Å². The Morgan fingerprint density at radius 1 is 1.13 bits per heavy atom. The van der Waals surface area contributed by atoms with Crippen LogP contribution in [-0.4, -0.2) is 21.8 Å². The number of hydrogen-bond donors (Lipinski definition) is 2. The van der Waals surface area contributed by atoms with Gasteiger partial charge >= 0.3 is 0 Å². The van der Waals surface area contributed by atoms with Gasteiger partial charge in [-0.1, -0.05) is 18.2 Å². The molecule has 156 valence electrons. The average Bonchev–Trinajstić information content (AvgIpc) is 3.34. The molecule has 0 saturated heterocycles.